The predicted octanol–water partition coefficient (Wildman–Crippen LogP) is 1.71. The Balaban J connectivity index is 1.82. The number of nitrogens with zero attached hydrogens (tertiary/aromatic N) is 1. The van der Waals surface area contributed by atoms with Crippen molar-refractivity contribution in [3.8, 4) is 5.75 Å². The van der Waals surface area contributed by atoms with Crippen molar-refractivity contribution in [3.05, 3.63) is 70.3 Å². The first-order valence-corrected chi connectivity index (χ1v) is 8.02. The molecule has 3 aromatic rings. The molecule has 0 radical (unpaired) electrons. The van der Waals surface area contributed by atoms with Gasteiger partial charge in [-0.25, -0.2) is 4.98 Å². The topological polar surface area (TPSA) is 59.4 Å². The zero-order valence-electron chi connectivity index (χ0n) is 14.2. The zero-order chi connectivity index (χ0) is 17.1. The lowest BCUT2D eigenvalue weighted by molar-refractivity contribution is -0.924. The highest BCUT2D eigenvalue weighted by Crippen LogP contribution is 2.12. The van der Waals surface area contributed by atoms with Crippen LogP contribution >= 0.6 is 0 Å². The molecular weight excluding hydrogens is 302 g/mol. The molecule has 0 saturated heterocycles. The molecule has 0 spiro atoms. The summed E-state index contributed by atoms with van der Waals surface area (Å²) in [5.41, 5.74) is 1.86. The lowest BCUT2D eigenvalue weighted by Gasteiger charge is -2.21. The first-order chi connectivity index (χ1) is 11.6. The summed E-state index contributed by atoms with van der Waals surface area (Å²) < 4.78 is 5.19. The molecule has 2 atom stereocenters. The first-order valence-electron chi connectivity index (χ1n) is 8.02. The van der Waals surface area contributed by atoms with Crippen LogP contribution in [0.4, 0.5) is 0 Å². The Labute approximate surface area is 140 Å². The standard InChI is InChI=1S/C19H21N3O2/c1-13(22(2)12-14-8-10-15(24-3)11-9-14)18-20-17-7-5-4-6-16(17)19(23)21-18/h4-11,13H,12H2,1-3H3,(H,20,21,23)/p+1/t13-/m1/s1. The normalized spacial score (nSPS) is 13.6. The van der Waals surface area contributed by atoms with Gasteiger partial charge in [-0.1, -0.05) is 12.1 Å². The van der Waals surface area contributed by atoms with Crippen LogP contribution in [-0.2, 0) is 6.54 Å². The molecule has 0 saturated carbocycles. The van der Waals surface area contributed by atoms with Gasteiger partial charge in [-0.15, -0.1) is 0 Å². The predicted molar refractivity (Wildman–Crippen MR) is 94.4 cm³/mol. The maximum atomic E-state index is 12.2. The number of ether oxygens (including phenoxy) is 1. The number of aromatic nitrogens is 2. The van der Waals surface area contributed by atoms with E-state index < -0.39 is 0 Å². The van der Waals surface area contributed by atoms with E-state index in [1.807, 2.05) is 30.3 Å². The molecule has 0 aliphatic rings. The van der Waals surface area contributed by atoms with Crippen LogP contribution < -0.4 is 15.2 Å². The van der Waals surface area contributed by atoms with E-state index in [1.165, 1.54) is 10.5 Å². The SMILES string of the molecule is COc1ccc(C[NH+](C)[C@H](C)c2nc3ccccc3c(=O)[nH]2)cc1. The van der Waals surface area contributed by atoms with E-state index >= 15 is 0 Å². The van der Waals surface area contributed by atoms with Crippen LogP contribution in [0.25, 0.3) is 10.9 Å². The summed E-state index contributed by atoms with van der Waals surface area (Å²) in [6.07, 6.45) is 0. The number of hydrogen-bond donors (Lipinski definition) is 2. The van der Waals surface area contributed by atoms with Crippen LogP contribution in [-0.4, -0.2) is 24.1 Å². The highest BCUT2D eigenvalue weighted by atomic mass is 16.5. The molecule has 24 heavy (non-hydrogen) atoms. The van der Waals surface area contributed by atoms with E-state index in [9.17, 15) is 4.79 Å². The fraction of sp³-hybridized carbons (Fsp3) is 0.263. The summed E-state index contributed by atoms with van der Waals surface area (Å²) in [6, 6.07) is 15.5. The van der Waals surface area contributed by atoms with Crippen molar-refractivity contribution in [3.63, 3.8) is 0 Å². The maximum absolute atomic E-state index is 12.2. The number of benzene rings is 2. The van der Waals surface area contributed by atoms with E-state index in [-0.39, 0.29) is 11.6 Å². The van der Waals surface area contributed by atoms with Gasteiger partial charge in [0, 0.05) is 5.56 Å². The highest BCUT2D eigenvalue weighted by molar-refractivity contribution is 5.77. The average molecular weight is 324 g/mol. The third kappa shape index (κ3) is 3.31. The molecule has 0 aliphatic carbocycles. The Morgan fingerprint density at radius 3 is 2.58 bits per heavy atom. The van der Waals surface area contributed by atoms with Gasteiger partial charge in [0.2, 0.25) is 0 Å². The van der Waals surface area contributed by atoms with Gasteiger partial charge in [0.1, 0.15) is 18.3 Å². The minimum absolute atomic E-state index is 0.0735. The largest absolute Gasteiger partial charge is 0.497 e. The molecule has 5 nitrogen and oxygen atoms in total. The number of hydrogen-bond acceptors (Lipinski definition) is 3. The van der Waals surface area contributed by atoms with E-state index in [0.717, 1.165) is 17.8 Å². The van der Waals surface area contributed by atoms with Crippen molar-refractivity contribution < 1.29 is 9.64 Å². The molecule has 1 unspecified atom stereocenters. The van der Waals surface area contributed by atoms with Gasteiger partial charge < -0.3 is 14.6 Å². The van der Waals surface area contributed by atoms with Gasteiger partial charge in [-0.3, -0.25) is 4.79 Å². The summed E-state index contributed by atoms with van der Waals surface area (Å²) in [7, 11) is 3.76. The lowest BCUT2D eigenvalue weighted by Crippen LogP contribution is -3.07. The molecule has 3 rings (SSSR count). The summed E-state index contributed by atoms with van der Waals surface area (Å²) >= 11 is 0. The van der Waals surface area contributed by atoms with Gasteiger partial charge in [0.15, 0.2) is 5.82 Å². The molecule has 1 heterocycles. The third-order valence-corrected chi connectivity index (χ3v) is 4.42. The summed E-state index contributed by atoms with van der Waals surface area (Å²) in [5.74, 6) is 1.56. The molecular formula is C19H22N3O2+. The molecule has 1 aromatic heterocycles. The Hall–Kier alpha value is -2.66. The molecule has 0 amide bonds. The number of H-pyrrole nitrogens is 1. The van der Waals surface area contributed by atoms with Gasteiger partial charge in [-0.2, -0.15) is 0 Å². The quantitative estimate of drug-likeness (QED) is 0.751. The second kappa shape index (κ2) is 6.84. The van der Waals surface area contributed by atoms with Crippen molar-refractivity contribution >= 4 is 10.9 Å². The number of aromatic amines is 1. The summed E-state index contributed by atoms with van der Waals surface area (Å²) in [5, 5.41) is 0.626. The van der Waals surface area contributed by atoms with Crippen LogP contribution in [0.15, 0.2) is 53.3 Å². The Kier molecular flexibility index (Phi) is 4.62. The number of para-hydroxylation sites is 1. The molecule has 124 valence electrons. The van der Waals surface area contributed by atoms with Crippen molar-refractivity contribution in [1.29, 1.82) is 0 Å². The Morgan fingerprint density at radius 1 is 1.17 bits per heavy atom. The summed E-state index contributed by atoms with van der Waals surface area (Å²) in [6.45, 7) is 2.91. The number of methoxy groups -OCH3 is 1. The zero-order valence-corrected chi connectivity index (χ0v) is 14.2. The van der Waals surface area contributed by atoms with Gasteiger partial charge in [-0.05, 0) is 43.3 Å². The van der Waals surface area contributed by atoms with Crippen molar-refractivity contribution in [1.82, 2.24) is 9.97 Å². The van der Waals surface area contributed by atoms with Crippen LogP contribution in [0.3, 0.4) is 0 Å². The smallest absolute Gasteiger partial charge is 0.258 e. The number of nitrogens with one attached hydrogen (secondary N) is 2. The fourth-order valence-corrected chi connectivity index (χ4v) is 2.76. The number of fused-ring (bicyclic) bond motifs is 1. The van der Waals surface area contributed by atoms with Gasteiger partial charge in [0.25, 0.3) is 5.56 Å². The van der Waals surface area contributed by atoms with Crippen LogP contribution in [0.2, 0.25) is 0 Å². The second-order valence-corrected chi connectivity index (χ2v) is 6.06. The molecule has 0 fully saturated rings. The Morgan fingerprint density at radius 2 is 1.88 bits per heavy atom. The third-order valence-electron chi connectivity index (χ3n) is 4.42. The van der Waals surface area contributed by atoms with Crippen LogP contribution in [0.1, 0.15) is 24.4 Å². The van der Waals surface area contributed by atoms with Crippen LogP contribution in [0.5, 0.6) is 5.75 Å². The molecule has 0 bridgehead atoms. The minimum Gasteiger partial charge on any atom is -0.497 e. The fourth-order valence-electron chi connectivity index (χ4n) is 2.76. The van der Waals surface area contributed by atoms with Crippen molar-refractivity contribution in [2.24, 2.45) is 0 Å². The second-order valence-electron chi connectivity index (χ2n) is 6.06. The lowest BCUT2D eigenvalue weighted by atomic mass is 10.1. The van der Waals surface area contributed by atoms with E-state index in [0.29, 0.717) is 11.2 Å². The van der Waals surface area contributed by atoms with E-state index in [4.69, 9.17) is 4.74 Å². The maximum Gasteiger partial charge on any atom is 0.258 e. The monoisotopic (exact) mass is 324 g/mol. The molecule has 0 aliphatic heterocycles. The van der Waals surface area contributed by atoms with Crippen molar-refractivity contribution in [2.75, 3.05) is 14.2 Å². The van der Waals surface area contributed by atoms with Gasteiger partial charge >= 0.3 is 0 Å². The van der Waals surface area contributed by atoms with Gasteiger partial charge in [0.05, 0.1) is 25.1 Å². The average Bonchev–Trinajstić information content (AvgIpc) is 2.61. The Bertz CT molecular complexity index is 887. The molecule has 5 heteroatoms. The van der Waals surface area contributed by atoms with Crippen molar-refractivity contribution in [2.45, 2.75) is 19.5 Å². The number of rotatable bonds is 5. The number of quaternary nitrogens is 1. The molecule has 2 N–H and O–H groups in total. The molecule has 2 aromatic carbocycles. The van der Waals surface area contributed by atoms with E-state index in [1.54, 1.807) is 13.2 Å². The van der Waals surface area contributed by atoms with E-state index in [2.05, 4.69) is 36.1 Å². The minimum atomic E-state index is -0.0836. The summed E-state index contributed by atoms with van der Waals surface area (Å²) in [4.78, 5) is 21.0. The highest BCUT2D eigenvalue weighted by Gasteiger charge is 2.19. The van der Waals surface area contributed by atoms with Crippen LogP contribution in [0, 0.1) is 0 Å². The first kappa shape index (κ1) is 16.2.